The molecule has 1 fully saturated rings. The van der Waals surface area contributed by atoms with Crippen LogP contribution >= 0.6 is 0 Å². The quantitative estimate of drug-likeness (QED) is 0.496. The first-order chi connectivity index (χ1) is 16.5. The molecule has 3 heterocycles. The van der Waals surface area contributed by atoms with Gasteiger partial charge in [-0.1, -0.05) is 6.07 Å². The van der Waals surface area contributed by atoms with Gasteiger partial charge in [-0.05, 0) is 58.2 Å². The number of nitrogens with one attached hydrogen (secondary N) is 1. The van der Waals surface area contributed by atoms with Crippen molar-refractivity contribution in [3.05, 3.63) is 43.0 Å². The molecule has 1 aliphatic rings. The molecule has 9 heteroatoms. The second-order valence-corrected chi connectivity index (χ2v) is 10.5. The summed E-state index contributed by atoms with van der Waals surface area (Å²) in [6, 6.07) is 5.62. The van der Waals surface area contributed by atoms with Crippen LogP contribution in [-0.4, -0.2) is 66.8 Å². The highest BCUT2D eigenvalue weighted by Gasteiger charge is 2.48. The lowest BCUT2D eigenvalue weighted by Crippen LogP contribution is -2.66. The van der Waals surface area contributed by atoms with Crippen molar-refractivity contribution in [2.24, 2.45) is 5.73 Å². The van der Waals surface area contributed by atoms with Crippen molar-refractivity contribution in [3.63, 3.8) is 0 Å². The number of nitrogens with two attached hydrogens (primary N) is 1. The maximum atomic E-state index is 12.9. The molecule has 0 radical (unpaired) electrons. The van der Waals surface area contributed by atoms with Crippen LogP contribution in [0.25, 0.3) is 22.5 Å². The van der Waals surface area contributed by atoms with Crippen molar-refractivity contribution < 1.29 is 9.90 Å². The highest BCUT2D eigenvalue weighted by Crippen LogP contribution is 2.41. The van der Waals surface area contributed by atoms with E-state index in [-0.39, 0.29) is 28.8 Å². The Morgan fingerprint density at radius 3 is 2.34 bits per heavy atom. The number of aromatic nitrogens is 4. The summed E-state index contributed by atoms with van der Waals surface area (Å²) in [4.78, 5) is 26.2. The lowest BCUT2D eigenvalue weighted by molar-refractivity contribution is -0.149. The van der Waals surface area contributed by atoms with E-state index in [4.69, 9.17) is 5.73 Å². The summed E-state index contributed by atoms with van der Waals surface area (Å²) in [5.74, 6) is 0.680. The summed E-state index contributed by atoms with van der Waals surface area (Å²) in [6.07, 6.45) is 9.06. The maximum absolute atomic E-state index is 12.9. The van der Waals surface area contributed by atoms with Gasteiger partial charge in [0.05, 0.1) is 29.8 Å². The van der Waals surface area contributed by atoms with Crippen LogP contribution < -0.4 is 10.6 Å². The number of benzene rings is 1. The van der Waals surface area contributed by atoms with E-state index in [1.165, 1.54) is 0 Å². The first-order valence-corrected chi connectivity index (χ1v) is 11.9. The van der Waals surface area contributed by atoms with E-state index < -0.39 is 0 Å². The van der Waals surface area contributed by atoms with Gasteiger partial charge in [-0.2, -0.15) is 5.10 Å². The number of hydrogen-bond donors (Lipinski definition) is 3. The van der Waals surface area contributed by atoms with Gasteiger partial charge in [0.2, 0.25) is 5.91 Å². The summed E-state index contributed by atoms with van der Waals surface area (Å²) < 4.78 is 0. The predicted molar refractivity (Wildman–Crippen MR) is 137 cm³/mol. The van der Waals surface area contributed by atoms with Crippen LogP contribution in [0.5, 0.6) is 5.75 Å². The van der Waals surface area contributed by atoms with E-state index in [0.29, 0.717) is 24.4 Å². The number of H-pyrrole nitrogens is 1. The number of rotatable bonds is 6. The summed E-state index contributed by atoms with van der Waals surface area (Å²) in [5.41, 5.74) is 8.26. The molecule has 3 aromatic rings. The van der Waals surface area contributed by atoms with Gasteiger partial charge in [0, 0.05) is 48.9 Å². The number of carbonyl (C=O) groups is 1. The molecule has 2 aromatic heterocycles. The number of phenolic OH excluding ortho intramolecular Hbond substituents is 1. The molecule has 0 bridgehead atoms. The molecular weight excluding hydrogens is 442 g/mol. The van der Waals surface area contributed by atoms with Crippen molar-refractivity contribution in [1.29, 1.82) is 0 Å². The topological polar surface area (TPSA) is 124 Å². The smallest absolute Gasteiger partial charge is 0.224 e. The fraction of sp³-hybridized carbons (Fsp3) is 0.462. The Bertz CT molecular complexity index is 1150. The minimum absolute atomic E-state index is 0.106. The molecule has 1 amide bonds. The first kappa shape index (κ1) is 24.7. The highest BCUT2D eigenvalue weighted by atomic mass is 16.3. The Labute approximate surface area is 206 Å². The monoisotopic (exact) mass is 477 g/mol. The van der Waals surface area contributed by atoms with Gasteiger partial charge in [-0.25, -0.2) is 9.97 Å². The number of aromatic hydroxyl groups is 1. The fourth-order valence-electron chi connectivity index (χ4n) is 5.57. The molecule has 0 unspecified atom stereocenters. The molecule has 0 spiro atoms. The second kappa shape index (κ2) is 9.30. The Morgan fingerprint density at radius 2 is 1.80 bits per heavy atom. The molecule has 0 aliphatic carbocycles. The zero-order valence-corrected chi connectivity index (χ0v) is 21.1. The average Bonchev–Trinajstić information content (AvgIpc) is 3.32. The van der Waals surface area contributed by atoms with E-state index in [9.17, 15) is 9.90 Å². The van der Waals surface area contributed by atoms with E-state index in [1.807, 2.05) is 24.1 Å². The number of amides is 1. The molecule has 35 heavy (non-hydrogen) atoms. The van der Waals surface area contributed by atoms with E-state index in [2.05, 4.69) is 52.8 Å². The van der Waals surface area contributed by atoms with Gasteiger partial charge in [-0.15, -0.1) is 0 Å². The van der Waals surface area contributed by atoms with E-state index in [0.717, 1.165) is 29.7 Å². The third kappa shape index (κ3) is 4.86. The standard InChI is InChI=1S/C26H35N7O2/c1-25(2)11-19(12-26(3,4)33(25)23(35)8-9-27)32(5)20-15-28-24(29-16-20)21-7-6-17(10-22(21)34)18-13-30-31-14-18/h6-7,10,13-16,19,34H,8-9,11-12,27H2,1-5H3,(H,30,31). The molecule has 1 aliphatic heterocycles. The number of aromatic amines is 1. The summed E-state index contributed by atoms with van der Waals surface area (Å²) in [7, 11) is 2.05. The Morgan fingerprint density at radius 1 is 1.14 bits per heavy atom. The number of piperidine rings is 1. The van der Waals surface area contributed by atoms with Crippen LogP contribution in [0, 0.1) is 0 Å². The number of nitrogens with zero attached hydrogens (tertiary/aromatic N) is 5. The summed E-state index contributed by atoms with van der Waals surface area (Å²) in [5, 5.41) is 17.3. The Balaban J connectivity index is 1.52. The summed E-state index contributed by atoms with van der Waals surface area (Å²) >= 11 is 0. The molecule has 9 nitrogen and oxygen atoms in total. The summed E-state index contributed by atoms with van der Waals surface area (Å²) in [6.45, 7) is 8.85. The lowest BCUT2D eigenvalue weighted by Gasteiger charge is -2.57. The third-order valence-corrected chi connectivity index (χ3v) is 6.95. The predicted octanol–water partition coefficient (Wildman–Crippen LogP) is 3.57. The first-order valence-electron chi connectivity index (χ1n) is 11.9. The van der Waals surface area contributed by atoms with Crippen LogP contribution in [0.15, 0.2) is 43.0 Å². The van der Waals surface area contributed by atoms with Crippen LogP contribution in [0.2, 0.25) is 0 Å². The third-order valence-electron chi connectivity index (χ3n) is 6.95. The van der Waals surface area contributed by atoms with Gasteiger partial charge < -0.3 is 20.6 Å². The van der Waals surface area contributed by atoms with E-state index in [1.54, 1.807) is 30.9 Å². The van der Waals surface area contributed by atoms with Crippen molar-refractivity contribution in [2.45, 2.75) is 64.1 Å². The van der Waals surface area contributed by atoms with Gasteiger partial charge >= 0.3 is 0 Å². The maximum Gasteiger partial charge on any atom is 0.224 e. The van der Waals surface area contributed by atoms with Gasteiger partial charge in [0.15, 0.2) is 5.82 Å². The highest BCUT2D eigenvalue weighted by molar-refractivity contribution is 5.78. The zero-order valence-electron chi connectivity index (χ0n) is 21.1. The van der Waals surface area contributed by atoms with Crippen molar-refractivity contribution >= 4 is 11.6 Å². The molecular formula is C26H35N7O2. The minimum Gasteiger partial charge on any atom is -0.507 e. The second-order valence-electron chi connectivity index (χ2n) is 10.5. The molecule has 0 atom stereocenters. The van der Waals surface area contributed by atoms with Crippen LogP contribution in [0.3, 0.4) is 0 Å². The molecule has 4 rings (SSSR count). The van der Waals surface area contributed by atoms with Gasteiger partial charge in [0.25, 0.3) is 0 Å². The van der Waals surface area contributed by atoms with Gasteiger partial charge in [-0.3, -0.25) is 9.89 Å². The molecule has 4 N–H and O–H groups in total. The van der Waals surface area contributed by atoms with Crippen LogP contribution in [0.4, 0.5) is 5.69 Å². The number of phenols is 1. The number of carbonyl (C=O) groups excluding carboxylic acids is 1. The zero-order chi connectivity index (χ0) is 25.4. The molecule has 1 saturated heterocycles. The molecule has 1 aromatic carbocycles. The lowest BCUT2D eigenvalue weighted by atomic mass is 9.76. The number of anilines is 1. The van der Waals surface area contributed by atoms with Crippen molar-refractivity contribution in [1.82, 2.24) is 25.1 Å². The number of hydrogen-bond acceptors (Lipinski definition) is 7. The minimum atomic E-state index is -0.309. The molecule has 186 valence electrons. The average molecular weight is 478 g/mol. The van der Waals surface area contributed by atoms with E-state index >= 15 is 0 Å². The van der Waals surface area contributed by atoms with Crippen molar-refractivity contribution in [3.8, 4) is 28.3 Å². The number of likely N-dealkylation sites (tertiary alicyclic amines) is 1. The van der Waals surface area contributed by atoms with Gasteiger partial charge in [0.1, 0.15) is 5.75 Å². The fourth-order valence-corrected chi connectivity index (χ4v) is 5.57. The Hall–Kier alpha value is -3.46. The van der Waals surface area contributed by atoms with Crippen LogP contribution in [0.1, 0.15) is 47.0 Å². The normalized spacial score (nSPS) is 17.4. The van der Waals surface area contributed by atoms with Crippen LogP contribution in [-0.2, 0) is 4.79 Å². The Kier molecular flexibility index (Phi) is 6.55. The largest absolute Gasteiger partial charge is 0.507 e. The van der Waals surface area contributed by atoms with Crippen molar-refractivity contribution in [2.75, 3.05) is 18.5 Å². The SMILES string of the molecule is CN(c1cnc(-c2ccc(-c3cn[nH]c3)cc2O)nc1)C1CC(C)(C)N(C(=O)CCN)C(C)(C)C1. The molecule has 0 saturated carbocycles.